The van der Waals surface area contributed by atoms with Gasteiger partial charge in [-0.25, -0.2) is 14.4 Å². The molecule has 130 valence electrons. The van der Waals surface area contributed by atoms with Crippen LogP contribution < -0.4 is 4.90 Å². The van der Waals surface area contributed by atoms with Crippen molar-refractivity contribution >= 4 is 34.3 Å². The molecule has 0 radical (unpaired) electrons. The van der Waals surface area contributed by atoms with Crippen LogP contribution in [0.2, 0.25) is 0 Å². The maximum absolute atomic E-state index is 14.1. The summed E-state index contributed by atoms with van der Waals surface area (Å²) in [7, 11) is 0. The Hall–Kier alpha value is -2.98. The molecule has 0 unspecified atom stereocenters. The van der Waals surface area contributed by atoms with Gasteiger partial charge in [0.15, 0.2) is 0 Å². The van der Waals surface area contributed by atoms with Crippen molar-refractivity contribution < 1.29 is 9.18 Å². The van der Waals surface area contributed by atoms with Gasteiger partial charge in [0.25, 0.3) is 0 Å². The molecule has 3 rings (SSSR count). The van der Waals surface area contributed by atoms with Crippen LogP contribution in [0.15, 0.2) is 59.9 Å². The number of fused-ring (bicyclic) bond motifs is 1. The number of halogens is 1. The first-order valence-corrected chi connectivity index (χ1v) is 8.93. The second-order valence-corrected chi connectivity index (χ2v) is 6.35. The standard InChI is InChI=1S/C19H15FN4OS/c20-15-7-2-4-9-17(15)24(11-5-10-21)18(25)12-26-19-14-6-1-3-8-16(14)22-13-23-19/h1-4,6-9,13H,5,11-12H2. The first-order valence-electron chi connectivity index (χ1n) is 7.95. The van der Waals surface area contributed by atoms with E-state index in [1.165, 1.54) is 35.1 Å². The quantitative estimate of drug-likeness (QED) is 0.490. The van der Waals surface area contributed by atoms with Crippen LogP contribution in [-0.2, 0) is 4.79 Å². The summed E-state index contributed by atoms with van der Waals surface area (Å²) >= 11 is 1.27. The Kier molecular flexibility index (Phi) is 5.77. The zero-order chi connectivity index (χ0) is 18.4. The van der Waals surface area contributed by atoms with Crippen LogP contribution in [0.3, 0.4) is 0 Å². The summed E-state index contributed by atoms with van der Waals surface area (Å²) in [6.45, 7) is 0.140. The zero-order valence-corrected chi connectivity index (χ0v) is 14.6. The van der Waals surface area contributed by atoms with Gasteiger partial charge in [-0.15, -0.1) is 0 Å². The van der Waals surface area contributed by atoms with Crippen molar-refractivity contribution in [3.8, 4) is 6.07 Å². The Morgan fingerprint density at radius 3 is 2.73 bits per heavy atom. The highest BCUT2D eigenvalue weighted by Gasteiger charge is 2.19. The topological polar surface area (TPSA) is 69.9 Å². The minimum atomic E-state index is -0.490. The summed E-state index contributed by atoms with van der Waals surface area (Å²) < 4.78 is 14.1. The maximum atomic E-state index is 14.1. The van der Waals surface area contributed by atoms with Crippen LogP contribution in [0.5, 0.6) is 0 Å². The Labute approximate surface area is 154 Å². The predicted octanol–water partition coefficient (Wildman–Crippen LogP) is 3.81. The van der Waals surface area contributed by atoms with Crippen LogP contribution in [0.25, 0.3) is 10.9 Å². The van der Waals surface area contributed by atoms with E-state index in [1.807, 2.05) is 30.3 Å². The molecule has 0 saturated heterocycles. The highest BCUT2D eigenvalue weighted by molar-refractivity contribution is 8.00. The molecule has 0 aliphatic rings. The molecule has 0 fully saturated rings. The number of carbonyl (C=O) groups is 1. The van der Waals surface area contributed by atoms with E-state index in [2.05, 4.69) is 9.97 Å². The summed E-state index contributed by atoms with van der Waals surface area (Å²) in [6.07, 6.45) is 1.58. The number of hydrogen-bond acceptors (Lipinski definition) is 5. The van der Waals surface area contributed by atoms with E-state index in [-0.39, 0.29) is 30.3 Å². The number of aromatic nitrogens is 2. The van der Waals surface area contributed by atoms with Crippen molar-refractivity contribution in [2.24, 2.45) is 0 Å². The fourth-order valence-corrected chi connectivity index (χ4v) is 3.38. The third-order valence-electron chi connectivity index (χ3n) is 3.73. The summed E-state index contributed by atoms with van der Waals surface area (Å²) in [6, 6.07) is 15.6. The molecule has 1 heterocycles. The molecular formula is C19H15FN4OS. The SMILES string of the molecule is N#CCCN(C(=O)CSc1ncnc2ccccc12)c1ccccc1F. The first-order chi connectivity index (χ1) is 12.7. The molecule has 3 aromatic rings. The molecule has 0 saturated carbocycles. The van der Waals surface area contributed by atoms with Gasteiger partial charge >= 0.3 is 0 Å². The summed E-state index contributed by atoms with van der Waals surface area (Å²) in [5, 5.41) is 10.4. The molecule has 0 bridgehead atoms. The lowest BCUT2D eigenvalue weighted by Gasteiger charge is -2.22. The maximum Gasteiger partial charge on any atom is 0.237 e. The Bertz CT molecular complexity index is 968. The Balaban J connectivity index is 1.79. The Morgan fingerprint density at radius 1 is 1.15 bits per heavy atom. The van der Waals surface area contributed by atoms with Crippen molar-refractivity contribution in [3.05, 3.63) is 60.7 Å². The normalized spacial score (nSPS) is 10.5. The number of nitriles is 1. The van der Waals surface area contributed by atoms with Gasteiger partial charge in [-0.2, -0.15) is 5.26 Å². The van der Waals surface area contributed by atoms with E-state index in [4.69, 9.17) is 5.26 Å². The highest BCUT2D eigenvalue weighted by Crippen LogP contribution is 2.26. The molecule has 1 aromatic heterocycles. The summed E-state index contributed by atoms with van der Waals surface area (Å²) in [5.41, 5.74) is 0.980. The van der Waals surface area contributed by atoms with Gasteiger partial charge in [0.1, 0.15) is 17.2 Å². The van der Waals surface area contributed by atoms with Crippen molar-refractivity contribution in [1.82, 2.24) is 9.97 Å². The fraction of sp³-hybridized carbons (Fsp3) is 0.158. The number of benzene rings is 2. The zero-order valence-electron chi connectivity index (χ0n) is 13.8. The number of amides is 1. The molecule has 7 heteroatoms. The van der Waals surface area contributed by atoms with Crippen molar-refractivity contribution in [2.45, 2.75) is 11.4 Å². The second kappa shape index (κ2) is 8.41. The molecule has 2 aromatic carbocycles. The smallest absolute Gasteiger partial charge is 0.237 e. The average molecular weight is 366 g/mol. The van der Waals surface area contributed by atoms with Gasteiger partial charge in [0.05, 0.1) is 29.4 Å². The highest BCUT2D eigenvalue weighted by atomic mass is 32.2. The van der Waals surface area contributed by atoms with Crippen LogP contribution >= 0.6 is 11.8 Å². The van der Waals surface area contributed by atoms with Crippen LogP contribution in [0.1, 0.15) is 6.42 Å². The van der Waals surface area contributed by atoms with Crippen molar-refractivity contribution in [2.75, 3.05) is 17.2 Å². The molecule has 0 atom stereocenters. The minimum Gasteiger partial charge on any atom is -0.308 e. The van der Waals surface area contributed by atoms with Gasteiger partial charge in [-0.05, 0) is 18.2 Å². The minimum absolute atomic E-state index is 0.0841. The van der Waals surface area contributed by atoms with E-state index < -0.39 is 5.82 Å². The largest absolute Gasteiger partial charge is 0.308 e. The van der Waals surface area contributed by atoms with E-state index in [1.54, 1.807) is 12.1 Å². The van der Waals surface area contributed by atoms with Crippen molar-refractivity contribution in [3.63, 3.8) is 0 Å². The van der Waals surface area contributed by atoms with Crippen LogP contribution in [-0.4, -0.2) is 28.2 Å². The molecule has 0 spiro atoms. The second-order valence-electron chi connectivity index (χ2n) is 5.39. The molecule has 26 heavy (non-hydrogen) atoms. The number of thioether (sulfide) groups is 1. The van der Waals surface area contributed by atoms with Gasteiger partial charge in [-0.1, -0.05) is 42.1 Å². The summed E-state index contributed by atoms with van der Waals surface area (Å²) in [5.74, 6) is -0.685. The number of nitrogens with zero attached hydrogens (tertiary/aromatic N) is 4. The van der Waals surface area contributed by atoms with Gasteiger partial charge in [0.2, 0.25) is 5.91 Å². The first kappa shape index (κ1) is 17.8. The van der Waals surface area contributed by atoms with Gasteiger partial charge in [-0.3, -0.25) is 4.79 Å². The third kappa shape index (κ3) is 3.98. The van der Waals surface area contributed by atoms with E-state index in [9.17, 15) is 9.18 Å². The number of hydrogen-bond donors (Lipinski definition) is 0. The van der Waals surface area contributed by atoms with Gasteiger partial charge < -0.3 is 4.90 Å². The van der Waals surface area contributed by atoms with E-state index in [0.29, 0.717) is 5.03 Å². The number of carbonyl (C=O) groups excluding carboxylic acids is 1. The molecule has 1 amide bonds. The number of rotatable bonds is 6. The average Bonchev–Trinajstić information content (AvgIpc) is 2.68. The molecule has 0 aliphatic heterocycles. The lowest BCUT2D eigenvalue weighted by molar-refractivity contribution is -0.116. The van der Waals surface area contributed by atoms with Crippen LogP contribution in [0.4, 0.5) is 10.1 Å². The monoisotopic (exact) mass is 366 g/mol. The molecule has 0 aliphatic carbocycles. The number of para-hydroxylation sites is 2. The van der Waals surface area contributed by atoms with E-state index >= 15 is 0 Å². The Morgan fingerprint density at radius 2 is 1.92 bits per heavy atom. The number of anilines is 1. The summed E-state index contributed by atoms with van der Waals surface area (Å²) in [4.78, 5) is 22.5. The molecule has 0 N–H and O–H groups in total. The third-order valence-corrected chi connectivity index (χ3v) is 4.72. The fourth-order valence-electron chi connectivity index (χ4n) is 2.52. The molecule has 5 nitrogen and oxygen atoms in total. The predicted molar refractivity (Wildman–Crippen MR) is 99.2 cm³/mol. The lowest BCUT2D eigenvalue weighted by Crippen LogP contribution is -2.34. The van der Waals surface area contributed by atoms with E-state index in [0.717, 1.165) is 10.9 Å². The molecular weight excluding hydrogens is 351 g/mol. The van der Waals surface area contributed by atoms with Crippen LogP contribution in [0, 0.1) is 17.1 Å². The van der Waals surface area contributed by atoms with Crippen molar-refractivity contribution in [1.29, 1.82) is 5.26 Å². The van der Waals surface area contributed by atoms with Gasteiger partial charge in [0, 0.05) is 11.9 Å². The lowest BCUT2D eigenvalue weighted by atomic mass is 10.2.